The highest BCUT2D eigenvalue weighted by molar-refractivity contribution is 5.82. The Morgan fingerprint density at radius 3 is 2.35 bits per heavy atom. The molecular weight excluding hydrogens is 334 g/mol. The van der Waals surface area contributed by atoms with Gasteiger partial charge in [0.15, 0.2) is 6.29 Å². The molecule has 0 atom stereocenters. The molecule has 0 aliphatic carbocycles. The van der Waals surface area contributed by atoms with Gasteiger partial charge in [-0.3, -0.25) is 14.9 Å². The van der Waals surface area contributed by atoms with Gasteiger partial charge in [0.1, 0.15) is 23.9 Å². The van der Waals surface area contributed by atoms with Crippen LogP contribution in [-0.2, 0) is 6.61 Å². The lowest BCUT2D eigenvalue weighted by molar-refractivity contribution is -0.385. The van der Waals surface area contributed by atoms with Crippen LogP contribution < -0.4 is 9.47 Å². The van der Waals surface area contributed by atoms with E-state index < -0.39 is 4.92 Å². The molecule has 0 aromatic heterocycles. The molecule has 0 N–H and O–H groups in total. The summed E-state index contributed by atoms with van der Waals surface area (Å²) in [5.41, 5.74) is 0.751. The average Bonchev–Trinajstić information content (AvgIpc) is 2.67. The van der Waals surface area contributed by atoms with Gasteiger partial charge < -0.3 is 9.47 Å². The van der Waals surface area contributed by atoms with Crippen molar-refractivity contribution < 1.29 is 19.2 Å². The lowest BCUT2D eigenvalue weighted by Gasteiger charge is -2.10. The van der Waals surface area contributed by atoms with Crippen LogP contribution in [-0.4, -0.2) is 11.2 Å². The molecule has 0 amide bonds. The minimum atomic E-state index is -0.606. The molecule has 3 aromatic rings. The quantitative estimate of drug-likeness (QED) is 0.348. The van der Waals surface area contributed by atoms with E-state index in [1.54, 1.807) is 18.2 Å². The van der Waals surface area contributed by atoms with Gasteiger partial charge in [0.05, 0.1) is 10.5 Å². The number of aldehydes is 1. The van der Waals surface area contributed by atoms with E-state index in [1.165, 1.54) is 18.2 Å². The summed E-state index contributed by atoms with van der Waals surface area (Å²) in [7, 11) is 0. The molecule has 26 heavy (non-hydrogen) atoms. The van der Waals surface area contributed by atoms with Gasteiger partial charge in [-0.05, 0) is 29.8 Å². The summed E-state index contributed by atoms with van der Waals surface area (Å²) in [4.78, 5) is 21.3. The molecule has 0 saturated heterocycles. The zero-order valence-electron chi connectivity index (χ0n) is 13.7. The van der Waals surface area contributed by atoms with Crippen molar-refractivity contribution in [3.63, 3.8) is 0 Å². The van der Waals surface area contributed by atoms with E-state index in [4.69, 9.17) is 9.47 Å². The second kappa shape index (κ2) is 7.94. The van der Waals surface area contributed by atoms with Gasteiger partial charge in [-0.2, -0.15) is 0 Å². The predicted molar refractivity (Wildman–Crippen MR) is 95.8 cm³/mol. The summed E-state index contributed by atoms with van der Waals surface area (Å²) < 4.78 is 11.4. The third-order valence-electron chi connectivity index (χ3n) is 3.61. The van der Waals surface area contributed by atoms with Gasteiger partial charge >= 0.3 is 0 Å². The molecule has 6 nitrogen and oxygen atoms in total. The minimum Gasteiger partial charge on any atom is -0.489 e. The van der Waals surface area contributed by atoms with E-state index in [9.17, 15) is 14.9 Å². The van der Waals surface area contributed by atoms with Crippen LogP contribution in [0.15, 0.2) is 72.8 Å². The van der Waals surface area contributed by atoms with Crippen LogP contribution in [0.4, 0.5) is 5.69 Å². The number of ether oxygens (including phenoxy) is 2. The van der Waals surface area contributed by atoms with E-state index >= 15 is 0 Å². The highest BCUT2D eigenvalue weighted by atomic mass is 16.6. The van der Waals surface area contributed by atoms with Gasteiger partial charge in [-0.1, -0.05) is 36.4 Å². The molecule has 0 unspecified atom stereocenters. The maximum Gasteiger partial charge on any atom is 0.280 e. The first-order chi connectivity index (χ1) is 12.7. The van der Waals surface area contributed by atoms with Crippen molar-refractivity contribution in [1.82, 2.24) is 0 Å². The fraction of sp³-hybridized carbons (Fsp3) is 0.0500. The molecule has 0 saturated carbocycles. The Balaban J connectivity index is 1.72. The lowest BCUT2D eigenvalue weighted by atomic mass is 10.2. The first kappa shape index (κ1) is 17.2. The summed E-state index contributed by atoms with van der Waals surface area (Å²) in [5, 5.41) is 10.9. The molecule has 3 rings (SSSR count). The van der Waals surface area contributed by atoms with E-state index in [-0.39, 0.29) is 11.3 Å². The predicted octanol–water partition coefficient (Wildman–Crippen LogP) is 4.78. The summed E-state index contributed by atoms with van der Waals surface area (Å²) in [5.74, 6) is 1.46. The summed E-state index contributed by atoms with van der Waals surface area (Å²) in [6.45, 7) is 0.428. The second-order valence-electron chi connectivity index (χ2n) is 5.45. The number of rotatable bonds is 7. The Labute approximate surface area is 149 Å². The molecule has 6 heteroatoms. The first-order valence-corrected chi connectivity index (χ1v) is 7.84. The average molecular weight is 349 g/mol. The summed E-state index contributed by atoms with van der Waals surface area (Å²) >= 11 is 0. The number of hydrogen-bond donors (Lipinski definition) is 0. The number of hydrogen-bond acceptors (Lipinski definition) is 5. The van der Waals surface area contributed by atoms with E-state index in [0.717, 1.165) is 5.56 Å². The van der Waals surface area contributed by atoms with Crippen LogP contribution in [0.2, 0.25) is 0 Å². The van der Waals surface area contributed by atoms with Crippen molar-refractivity contribution in [3.05, 3.63) is 94.0 Å². The van der Waals surface area contributed by atoms with Crippen molar-refractivity contribution in [2.45, 2.75) is 6.61 Å². The second-order valence-corrected chi connectivity index (χ2v) is 5.45. The molecule has 0 radical (unpaired) electrons. The Morgan fingerprint density at radius 2 is 1.62 bits per heavy atom. The number of nitrogens with zero attached hydrogens (tertiary/aromatic N) is 1. The van der Waals surface area contributed by atoms with Crippen molar-refractivity contribution in [2.75, 3.05) is 0 Å². The largest absolute Gasteiger partial charge is 0.489 e. The third kappa shape index (κ3) is 4.24. The standard InChI is InChI=1S/C20H15NO5/c22-13-16-11-19(9-10-20(16)21(23)24)26-18-8-4-7-17(12-18)25-14-15-5-2-1-3-6-15/h1-13H,14H2. The van der Waals surface area contributed by atoms with Gasteiger partial charge in [-0.15, -0.1) is 0 Å². The number of carbonyl (C=O) groups is 1. The summed E-state index contributed by atoms with van der Waals surface area (Å²) in [6, 6.07) is 20.8. The molecule has 0 aliphatic rings. The van der Waals surface area contributed by atoms with Gasteiger partial charge in [0, 0.05) is 12.1 Å². The van der Waals surface area contributed by atoms with Crippen molar-refractivity contribution in [3.8, 4) is 17.2 Å². The molecule has 130 valence electrons. The number of nitro benzene ring substituents is 1. The van der Waals surface area contributed by atoms with Crippen LogP contribution in [0, 0.1) is 10.1 Å². The summed E-state index contributed by atoms with van der Waals surface area (Å²) in [6.07, 6.45) is 0.435. The highest BCUT2D eigenvalue weighted by Gasteiger charge is 2.14. The Bertz CT molecular complexity index is 924. The number of carbonyl (C=O) groups excluding carboxylic acids is 1. The zero-order valence-corrected chi connectivity index (χ0v) is 13.7. The smallest absolute Gasteiger partial charge is 0.280 e. The molecule has 0 spiro atoms. The van der Waals surface area contributed by atoms with Crippen molar-refractivity contribution in [1.29, 1.82) is 0 Å². The fourth-order valence-corrected chi connectivity index (χ4v) is 2.36. The molecule has 0 aliphatic heterocycles. The van der Waals surface area contributed by atoms with Crippen molar-refractivity contribution in [2.24, 2.45) is 0 Å². The van der Waals surface area contributed by atoms with Crippen LogP contribution in [0.5, 0.6) is 17.2 Å². The molecule has 0 bridgehead atoms. The molecule has 0 fully saturated rings. The zero-order chi connectivity index (χ0) is 18.4. The fourth-order valence-electron chi connectivity index (χ4n) is 2.36. The highest BCUT2D eigenvalue weighted by Crippen LogP contribution is 2.29. The van der Waals surface area contributed by atoms with Crippen LogP contribution >= 0.6 is 0 Å². The van der Waals surface area contributed by atoms with Crippen molar-refractivity contribution >= 4 is 12.0 Å². The maximum absolute atomic E-state index is 11.0. The Kier molecular flexibility index (Phi) is 5.24. The van der Waals surface area contributed by atoms with Crippen LogP contribution in [0.25, 0.3) is 0 Å². The number of nitro groups is 1. The van der Waals surface area contributed by atoms with Crippen LogP contribution in [0.3, 0.4) is 0 Å². The van der Waals surface area contributed by atoms with E-state index in [0.29, 0.717) is 30.1 Å². The Morgan fingerprint density at radius 1 is 0.885 bits per heavy atom. The maximum atomic E-state index is 11.0. The normalized spacial score (nSPS) is 10.2. The number of benzene rings is 3. The van der Waals surface area contributed by atoms with Gasteiger partial charge in [0.25, 0.3) is 5.69 Å². The minimum absolute atomic E-state index is 0.0380. The third-order valence-corrected chi connectivity index (χ3v) is 3.61. The SMILES string of the molecule is O=Cc1cc(Oc2cccc(OCc3ccccc3)c2)ccc1[N+](=O)[O-]. The van der Waals surface area contributed by atoms with E-state index in [2.05, 4.69) is 0 Å². The molecular formula is C20H15NO5. The van der Waals surface area contributed by atoms with Crippen LogP contribution in [0.1, 0.15) is 15.9 Å². The monoisotopic (exact) mass is 349 g/mol. The Hall–Kier alpha value is -3.67. The lowest BCUT2D eigenvalue weighted by Crippen LogP contribution is -1.96. The van der Waals surface area contributed by atoms with E-state index in [1.807, 2.05) is 36.4 Å². The first-order valence-electron chi connectivity index (χ1n) is 7.84. The molecule has 0 heterocycles. The van der Waals surface area contributed by atoms with Gasteiger partial charge in [0.2, 0.25) is 0 Å². The molecule has 3 aromatic carbocycles. The topological polar surface area (TPSA) is 78.7 Å². The van der Waals surface area contributed by atoms with Gasteiger partial charge in [-0.25, -0.2) is 0 Å².